The molecule has 1 unspecified atom stereocenters. The fourth-order valence-electron chi connectivity index (χ4n) is 2.41. The minimum absolute atomic E-state index is 0. The minimum Gasteiger partial charge on any atom is -0.319 e. The van der Waals surface area contributed by atoms with Gasteiger partial charge in [0.15, 0.2) is 0 Å². The maximum atomic E-state index is 5.95. The summed E-state index contributed by atoms with van der Waals surface area (Å²) in [4.78, 5) is 3.93. The molecule has 1 aliphatic rings. The first-order chi connectivity index (χ1) is 7.78. The Morgan fingerprint density at radius 1 is 1.53 bits per heavy atom. The molecule has 0 saturated carbocycles. The molecule has 1 aromatic rings. The fourth-order valence-corrected chi connectivity index (χ4v) is 3.54. The zero-order valence-electron chi connectivity index (χ0n) is 10.1. The van der Waals surface area contributed by atoms with Crippen LogP contribution >= 0.6 is 35.3 Å². The lowest BCUT2D eigenvalue weighted by atomic mass is 9.98. The van der Waals surface area contributed by atoms with Gasteiger partial charge < -0.3 is 5.32 Å². The van der Waals surface area contributed by atoms with Crippen LogP contribution < -0.4 is 5.32 Å². The van der Waals surface area contributed by atoms with E-state index in [1.165, 1.54) is 30.8 Å². The van der Waals surface area contributed by atoms with Gasteiger partial charge in [0.2, 0.25) is 0 Å². The lowest BCUT2D eigenvalue weighted by molar-refractivity contribution is 0.168. The first-order valence-electron chi connectivity index (χ1n) is 5.89. The van der Waals surface area contributed by atoms with Crippen molar-refractivity contribution in [3.8, 4) is 0 Å². The summed E-state index contributed by atoms with van der Waals surface area (Å²) < 4.78 is 0.902. The standard InChI is InChI=1S/C12H19ClN2S.ClH/c1-14-7-10-3-2-6-15(8-10)9-11-4-5-12(13)16-11;/h4-5,10,14H,2-3,6-9H2,1H3;1H. The molecule has 0 aromatic carbocycles. The van der Waals surface area contributed by atoms with Gasteiger partial charge in [-0.3, -0.25) is 4.90 Å². The Morgan fingerprint density at radius 2 is 2.35 bits per heavy atom. The van der Waals surface area contributed by atoms with Crippen LogP contribution in [-0.4, -0.2) is 31.6 Å². The third-order valence-corrected chi connectivity index (χ3v) is 4.32. The van der Waals surface area contributed by atoms with E-state index in [1.807, 2.05) is 13.1 Å². The Labute approximate surface area is 119 Å². The molecule has 0 spiro atoms. The zero-order valence-corrected chi connectivity index (χ0v) is 12.5. The number of thiophene rings is 1. The number of piperidine rings is 1. The van der Waals surface area contributed by atoms with Crippen LogP contribution in [0.15, 0.2) is 12.1 Å². The van der Waals surface area contributed by atoms with Gasteiger partial charge in [-0.15, -0.1) is 23.7 Å². The molecule has 2 rings (SSSR count). The molecule has 0 radical (unpaired) electrons. The lowest BCUT2D eigenvalue weighted by Gasteiger charge is -2.32. The van der Waals surface area contributed by atoms with Crippen LogP contribution in [0.3, 0.4) is 0 Å². The van der Waals surface area contributed by atoms with E-state index in [0.29, 0.717) is 0 Å². The Hall–Kier alpha value is 0.200. The molecule has 0 amide bonds. The number of rotatable bonds is 4. The van der Waals surface area contributed by atoms with Crippen LogP contribution in [0.4, 0.5) is 0 Å². The van der Waals surface area contributed by atoms with E-state index in [4.69, 9.17) is 11.6 Å². The highest BCUT2D eigenvalue weighted by molar-refractivity contribution is 7.16. The topological polar surface area (TPSA) is 15.3 Å². The van der Waals surface area contributed by atoms with Gasteiger partial charge in [-0.05, 0) is 51.0 Å². The first-order valence-corrected chi connectivity index (χ1v) is 7.08. The molecule has 2 heterocycles. The summed E-state index contributed by atoms with van der Waals surface area (Å²) in [6, 6.07) is 4.14. The van der Waals surface area contributed by atoms with Crippen molar-refractivity contribution in [3.05, 3.63) is 21.3 Å². The third-order valence-electron chi connectivity index (χ3n) is 3.10. The predicted molar refractivity (Wildman–Crippen MR) is 78.5 cm³/mol. The van der Waals surface area contributed by atoms with Crippen molar-refractivity contribution in [3.63, 3.8) is 0 Å². The lowest BCUT2D eigenvalue weighted by Crippen LogP contribution is -2.38. The van der Waals surface area contributed by atoms with Crippen LogP contribution in [-0.2, 0) is 6.54 Å². The van der Waals surface area contributed by atoms with Gasteiger partial charge in [-0.25, -0.2) is 0 Å². The van der Waals surface area contributed by atoms with Crippen molar-refractivity contribution in [2.45, 2.75) is 19.4 Å². The second-order valence-electron chi connectivity index (χ2n) is 4.51. The zero-order chi connectivity index (χ0) is 11.4. The Kier molecular flexibility index (Phi) is 6.82. The van der Waals surface area contributed by atoms with Crippen LogP contribution in [0.25, 0.3) is 0 Å². The first kappa shape index (κ1) is 15.3. The van der Waals surface area contributed by atoms with Gasteiger partial charge in [0.1, 0.15) is 0 Å². The largest absolute Gasteiger partial charge is 0.319 e. The normalized spacial score (nSPS) is 21.2. The molecule has 1 saturated heterocycles. The fraction of sp³-hybridized carbons (Fsp3) is 0.667. The summed E-state index contributed by atoms with van der Waals surface area (Å²) in [7, 11) is 2.04. The molecule has 5 heteroatoms. The second kappa shape index (κ2) is 7.59. The molecule has 2 nitrogen and oxygen atoms in total. The molecule has 1 atom stereocenters. The maximum absolute atomic E-state index is 5.95. The molecule has 1 N–H and O–H groups in total. The van der Waals surface area contributed by atoms with Gasteiger partial charge in [0.05, 0.1) is 4.34 Å². The number of likely N-dealkylation sites (tertiary alicyclic amines) is 1. The number of nitrogens with one attached hydrogen (secondary N) is 1. The Bertz CT molecular complexity index is 328. The highest BCUT2D eigenvalue weighted by Crippen LogP contribution is 2.24. The number of halogens is 2. The van der Waals surface area contributed by atoms with Gasteiger partial charge in [-0.1, -0.05) is 11.6 Å². The van der Waals surface area contributed by atoms with E-state index < -0.39 is 0 Å². The molecule has 1 aromatic heterocycles. The quantitative estimate of drug-likeness (QED) is 0.917. The summed E-state index contributed by atoms with van der Waals surface area (Å²) >= 11 is 7.65. The molecule has 1 aliphatic heterocycles. The number of nitrogens with zero attached hydrogens (tertiary/aromatic N) is 1. The molecule has 0 bridgehead atoms. The highest BCUT2D eigenvalue weighted by Gasteiger charge is 2.19. The maximum Gasteiger partial charge on any atom is 0.0931 e. The molecule has 98 valence electrons. The van der Waals surface area contributed by atoms with Crippen LogP contribution in [0.5, 0.6) is 0 Å². The monoisotopic (exact) mass is 294 g/mol. The summed E-state index contributed by atoms with van der Waals surface area (Å²) in [5, 5.41) is 3.28. The number of hydrogen-bond donors (Lipinski definition) is 1. The molecule has 17 heavy (non-hydrogen) atoms. The highest BCUT2D eigenvalue weighted by atomic mass is 35.5. The van der Waals surface area contributed by atoms with Crippen molar-refractivity contribution in [1.82, 2.24) is 10.2 Å². The molecular weight excluding hydrogens is 275 g/mol. The van der Waals surface area contributed by atoms with E-state index in [0.717, 1.165) is 23.3 Å². The van der Waals surface area contributed by atoms with Crippen molar-refractivity contribution in [2.24, 2.45) is 5.92 Å². The van der Waals surface area contributed by atoms with Crippen molar-refractivity contribution in [1.29, 1.82) is 0 Å². The van der Waals surface area contributed by atoms with Gasteiger partial charge in [-0.2, -0.15) is 0 Å². The number of hydrogen-bond acceptors (Lipinski definition) is 3. The molecular formula is C12H20Cl2N2S. The average Bonchev–Trinajstić information content (AvgIpc) is 2.65. The van der Waals surface area contributed by atoms with Crippen molar-refractivity contribution in [2.75, 3.05) is 26.7 Å². The van der Waals surface area contributed by atoms with E-state index in [1.54, 1.807) is 11.3 Å². The van der Waals surface area contributed by atoms with Gasteiger partial charge in [0.25, 0.3) is 0 Å². The molecule has 1 fully saturated rings. The van der Waals surface area contributed by atoms with Crippen LogP contribution in [0, 0.1) is 5.92 Å². The van der Waals surface area contributed by atoms with E-state index in [-0.39, 0.29) is 12.4 Å². The third kappa shape index (κ3) is 4.76. The van der Waals surface area contributed by atoms with Crippen molar-refractivity contribution < 1.29 is 0 Å². The smallest absolute Gasteiger partial charge is 0.0931 e. The average molecular weight is 295 g/mol. The summed E-state index contributed by atoms with van der Waals surface area (Å²) in [5.74, 6) is 0.814. The van der Waals surface area contributed by atoms with Crippen LogP contribution in [0.1, 0.15) is 17.7 Å². The second-order valence-corrected chi connectivity index (χ2v) is 6.31. The van der Waals surface area contributed by atoms with Crippen molar-refractivity contribution >= 4 is 35.3 Å². The Morgan fingerprint density at radius 3 is 3.00 bits per heavy atom. The SMILES string of the molecule is CNCC1CCCN(Cc2ccc(Cl)s2)C1.Cl. The van der Waals surface area contributed by atoms with E-state index >= 15 is 0 Å². The summed E-state index contributed by atoms with van der Waals surface area (Å²) in [5.41, 5.74) is 0. The summed E-state index contributed by atoms with van der Waals surface area (Å²) in [6.07, 6.45) is 2.69. The van der Waals surface area contributed by atoms with Gasteiger partial charge >= 0.3 is 0 Å². The predicted octanol–water partition coefficient (Wildman–Crippen LogP) is 3.25. The Balaban J connectivity index is 0.00000144. The van der Waals surface area contributed by atoms with E-state index in [9.17, 15) is 0 Å². The summed E-state index contributed by atoms with van der Waals surface area (Å²) in [6.45, 7) is 4.66. The minimum atomic E-state index is 0. The molecule has 0 aliphatic carbocycles. The van der Waals surface area contributed by atoms with E-state index in [2.05, 4.69) is 16.3 Å². The van der Waals surface area contributed by atoms with Gasteiger partial charge in [0, 0.05) is 18.0 Å². The van der Waals surface area contributed by atoms with Crippen LogP contribution in [0.2, 0.25) is 4.34 Å².